The van der Waals surface area contributed by atoms with Gasteiger partial charge in [0.15, 0.2) is 6.54 Å². The van der Waals surface area contributed by atoms with E-state index >= 15 is 0 Å². The zero-order valence-corrected chi connectivity index (χ0v) is 14.5. The lowest BCUT2D eigenvalue weighted by Crippen LogP contribution is -2.49. The number of aryl methyl sites for hydroxylation is 1. The molecule has 138 valence electrons. The molecule has 1 aromatic carbocycles. The molecule has 0 N–H and O–H groups in total. The van der Waals surface area contributed by atoms with E-state index in [4.69, 9.17) is 0 Å². The highest BCUT2D eigenvalue weighted by molar-refractivity contribution is 5.76. The van der Waals surface area contributed by atoms with Crippen LogP contribution in [0.25, 0.3) is 0 Å². The topological polar surface area (TPSA) is 84.5 Å². The van der Waals surface area contributed by atoms with Gasteiger partial charge in [-0.2, -0.15) is 0 Å². The lowest BCUT2D eigenvalue weighted by atomic mass is 10.2. The number of nitro groups is 1. The van der Waals surface area contributed by atoms with Gasteiger partial charge in [0.05, 0.1) is 11.8 Å². The first-order valence-electron chi connectivity index (χ1n) is 8.36. The Kier molecular flexibility index (Phi) is 5.27. The van der Waals surface area contributed by atoms with E-state index in [9.17, 15) is 19.3 Å². The van der Waals surface area contributed by atoms with E-state index in [1.54, 1.807) is 24.0 Å². The third-order valence-corrected chi connectivity index (χ3v) is 4.40. The van der Waals surface area contributed by atoms with Crippen molar-refractivity contribution in [2.24, 2.45) is 0 Å². The number of carbonyl (C=O) groups is 1. The molecule has 0 unspecified atom stereocenters. The highest BCUT2D eigenvalue weighted by Gasteiger charge is 2.25. The largest absolute Gasteiger partial charge is 0.358 e. The van der Waals surface area contributed by atoms with Gasteiger partial charge in [-0.3, -0.25) is 9.69 Å². The molecule has 2 aromatic rings. The van der Waals surface area contributed by atoms with Gasteiger partial charge in [-0.05, 0) is 29.5 Å². The van der Waals surface area contributed by atoms with Crippen LogP contribution in [0.1, 0.15) is 11.3 Å². The van der Waals surface area contributed by atoms with Gasteiger partial charge in [-0.1, -0.05) is 17.2 Å². The van der Waals surface area contributed by atoms with Crippen molar-refractivity contribution < 1.29 is 14.1 Å². The number of hydrogen-bond donors (Lipinski definition) is 0. The van der Waals surface area contributed by atoms with Gasteiger partial charge < -0.3 is 15.0 Å². The first-order chi connectivity index (χ1) is 12.4. The molecule has 3 rings (SSSR count). The van der Waals surface area contributed by atoms with E-state index < -0.39 is 4.92 Å². The molecule has 1 aliphatic heterocycles. The predicted octanol–water partition coefficient (Wildman–Crippen LogP) is 1.58. The number of nitrogens with zero attached hydrogens (tertiary/aromatic N) is 5. The van der Waals surface area contributed by atoms with Crippen LogP contribution in [0.15, 0.2) is 30.3 Å². The molecule has 1 saturated heterocycles. The van der Waals surface area contributed by atoms with Crippen molar-refractivity contribution in [3.8, 4) is 0 Å². The fraction of sp³-hybridized carbons (Fsp3) is 0.412. The van der Waals surface area contributed by atoms with Crippen LogP contribution in [0.5, 0.6) is 0 Å². The second-order valence-corrected chi connectivity index (χ2v) is 6.34. The number of rotatable bonds is 5. The molecule has 1 aliphatic rings. The molecule has 1 aromatic heterocycles. The normalized spacial score (nSPS) is 15.2. The van der Waals surface area contributed by atoms with Gasteiger partial charge in [0, 0.05) is 32.7 Å². The Balaban J connectivity index is 1.53. The average molecular weight is 361 g/mol. The summed E-state index contributed by atoms with van der Waals surface area (Å²) in [7, 11) is 0. The molecule has 9 heteroatoms. The number of halogens is 1. The lowest BCUT2D eigenvalue weighted by molar-refractivity contribution is -0.392. The molecule has 0 radical (unpaired) electrons. The molecular weight excluding hydrogens is 341 g/mol. The van der Waals surface area contributed by atoms with Crippen molar-refractivity contribution in [3.05, 3.63) is 57.5 Å². The van der Waals surface area contributed by atoms with Gasteiger partial charge in [0.1, 0.15) is 5.82 Å². The van der Waals surface area contributed by atoms with Crippen molar-refractivity contribution in [1.82, 2.24) is 19.6 Å². The second kappa shape index (κ2) is 7.61. The Morgan fingerprint density at radius 3 is 2.50 bits per heavy atom. The third-order valence-electron chi connectivity index (χ3n) is 4.40. The Hall–Kier alpha value is -2.81. The summed E-state index contributed by atoms with van der Waals surface area (Å²) in [5.74, 6) is -0.615. The van der Waals surface area contributed by atoms with E-state index in [1.165, 1.54) is 18.2 Å². The molecule has 0 aliphatic carbocycles. The lowest BCUT2D eigenvalue weighted by Gasteiger charge is -2.34. The third kappa shape index (κ3) is 4.23. The van der Waals surface area contributed by atoms with Crippen molar-refractivity contribution in [1.29, 1.82) is 0 Å². The van der Waals surface area contributed by atoms with Gasteiger partial charge >= 0.3 is 5.82 Å². The smallest absolute Gasteiger partial charge is 0.345 e. The van der Waals surface area contributed by atoms with E-state index in [0.717, 1.165) is 10.2 Å². The first kappa shape index (κ1) is 18.0. The molecule has 1 fully saturated rings. The van der Waals surface area contributed by atoms with Crippen molar-refractivity contribution in [3.63, 3.8) is 0 Å². The summed E-state index contributed by atoms with van der Waals surface area (Å²) in [6.45, 7) is 4.71. The molecular formula is C17H20FN5O3. The minimum atomic E-state index is -0.534. The fourth-order valence-corrected chi connectivity index (χ4v) is 3.03. The zero-order chi connectivity index (χ0) is 18.7. The molecule has 1 amide bonds. The van der Waals surface area contributed by atoms with Crippen LogP contribution in [0.3, 0.4) is 0 Å². The van der Waals surface area contributed by atoms with Crippen molar-refractivity contribution >= 4 is 11.7 Å². The highest BCUT2D eigenvalue weighted by Crippen LogP contribution is 2.14. The Bertz CT molecular complexity index is 797. The predicted molar refractivity (Wildman–Crippen MR) is 91.9 cm³/mol. The van der Waals surface area contributed by atoms with Crippen molar-refractivity contribution in [2.45, 2.75) is 20.0 Å². The Labute approximate surface area is 150 Å². The fourth-order valence-electron chi connectivity index (χ4n) is 3.03. The number of amides is 1. The van der Waals surface area contributed by atoms with E-state index in [1.807, 2.05) is 0 Å². The minimum absolute atomic E-state index is 0.137. The zero-order valence-electron chi connectivity index (χ0n) is 14.5. The van der Waals surface area contributed by atoms with Gasteiger partial charge in [-0.15, -0.1) is 4.68 Å². The molecule has 0 spiro atoms. The summed E-state index contributed by atoms with van der Waals surface area (Å²) in [6.07, 6.45) is 0. The molecule has 2 heterocycles. The summed E-state index contributed by atoms with van der Waals surface area (Å²) in [6, 6.07) is 7.74. The molecule has 0 saturated carbocycles. The van der Waals surface area contributed by atoms with Crippen LogP contribution in [0.2, 0.25) is 0 Å². The van der Waals surface area contributed by atoms with E-state index in [-0.39, 0.29) is 24.1 Å². The van der Waals surface area contributed by atoms with E-state index in [2.05, 4.69) is 10.00 Å². The summed E-state index contributed by atoms with van der Waals surface area (Å²) in [4.78, 5) is 26.8. The number of piperazine rings is 1. The summed E-state index contributed by atoms with van der Waals surface area (Å²) < 4.78 is 14.1. The van der Waals surface area contributed by atoms with Gasteiger partial charge in [0.25, 0.3) is 5.91 Å². The van der Waals surface area contributed by atoms with Crippen LogP contribution in [0.4, 0.5) is 10.2 Å². The Morgan fingerprint density at radius 1 is 1.23 bits per heavy atom. The van der Waals surface area contributed by atoms with Crippen molar-refractivity contribution in [2.75, 3.05) is 26.2 Å². The SMILES string of the molecule is Cc1cc([N+](=O)[O-])n(CC(=O)N2CCN(Cc3ccc(F)cc3)CC2)n1. The number of aromatic nitrogens is 2. The summed E-state index contributed by atoms with van der Waals surface area (Å²) >= 11 is 0. The molecule has 26 heavy (non-hydrogen) atoms. The molecule has 8 nitrogen and oxygen atoms in total. The van der Waals surface area contributed by atoms with Crippen LogP contribution < -0.4 is 0 Å². The maximum absolute atomic E-state index is 13.0. The van der Waals surface area contributed by atoms with Crippen LogP contribution in [-0.4, -0.2) is 56.6 Å². The minimum Gasteiger partial charge on any atom is -0.358 e. The van der Waals surface area contributed by atoms with Crippen LogP contribution in [0, 0.1) is 22.9 Å². The highest BCUT2D eigenvalue weighted by atomic mass is 19.1. The number of carbonyl (C=O) groups excluding carboxylic acids is 1. The Morgan fingerprint density at radius 2 is 1.88 bits per heavy atom. The van der Waals surface area contributed by atoms with E-state index in [0.29, 0.717) is 38.4 Å². The number of hydrogen-bond acceptors (Lipinski definition) is 5. The average Bonchev–Trinajstić information content (AvgIpc) is 2.98. The maximum Gasteiger partial charge on any atom is 0.345 e. The first-order valence-corrected chi connectivity index (χ1v) is 8.36. The second-order valence-electron chi connectivity index (χ2n) is 6.34. The van der Waals surface area contributed by atoms with Crippen LogP contribution in [-0.2, 0) is 17.9 Å². The maximum atomic E-state index is 13.0. The summed E-state index contributed by atoms with van der Waals surface area (Å²) in [5.41, 5.74) is 1.53. The van der Waals surface area contributed by atoms with Gasteiger partial charge in [-0.25, -0.2) is 4.39 Å². The molecule has 0 bridgehead atoms. The monoisotopic (exact) mass is 361 g/mol. The van der Waals surface area contributed by atoms with Crippen LogP contribution >= 0.6 is 0 Å². The summed E-state index contributed by atoms with van der Waals surface area (Å²) in [5, 5.41) is 15.1. The number of benzene rings is 1. The molecule has 0 atom stereocenters. The quantitative estimate of drug-likeness (QED) is 0.596. The standard InChI is InChI=1S/C17H20FN5O3/c1-13-10-16(23(25)26)22(19-13)12-17(24)21-8-6-20(7-9-21)11-14-2-4-15(18)5-3-14/h2-5,10H,6-9,11-12H2,1H3. The van der Waals surface area contributed by atoms with Gasteiger partial charge in [0.2, 0.25) is 0 Å².